The number of carbonyl (C=O) groups is 1. The van der Waals surface area contributed by atoms with Crippen LogP contribution in [-0.4, -0.2) is 16.8 Å². The summed E-state index contributed by atoms with van der Waals surface area (Å²) in [6, 6.07) is 3.74. The highest BCUT2D eigenvalue weighted by Gasteiger charge is 2.06. The Labute approximate surface area is 79.5 Å². The number of amides is 1. The molecule has 0 aliphatic rings. The largest absolute Gasteiger partial charge is 0.464 e. The molecule has 0 spiro atoms. The van der Waals surface area contributed by atoms with Crippen molar-refractivity contribution in [2.24, 2.45) is 0 Å². The molecule has 0 radical (unpaired) electrons. The summed E-state index contributed by atoms with van der Waals surface area (Å²) in [6.45, 7) is 2.37. The molecule has 0 saturated heterocycles. The van der Waals surface area contributed by atoms with Gasteiger partial charge in [0.2, 0.25) is 0 Å². The van der Waals surface area contributed by atoms with Gasteiger partial charge in [-0.25, -0.2) is 0 Å². The molecule has 0 fully saturated rings. The Bertz CT molecular complexity index is 282. The SMILES string of the molecule is Cc1ccc(CN(C)C(=O)Br)o1. The van der Waals surface area contributed by atoms with Gasteiger partial charge < -0.3 is 9.32 Å². The molecular formula is C8H10BrNO2. The van der Waals surface area contributed by atoms with Crippen molar-refractivity contribution in [2.45, 2.75) is 13.5 Å². The Morgan fingerprint density at radius 1 is 1.67 bits per heavy atom. The molecule has 1 amide bonds. The van der Waals surface area contributed by atoms with Crippen LogP contribution in [0.15, 0.2) is 16.5 Å². The van der Waals surface area contributed by atoms with Gasteiger partial charge in [0.05, 0.1) is 6.54 Å². The molecule has 0 unspecified atom stereocenters. The van der Waals surface area contributed by atoms with Crippen molar-refractivity contribution in [1.82, 2.24) is 4.90 Å². The van der Waals surface area contributed by atoms with E-state index in [9.17, 15) is 4.79 Å². The highest BCUT2D eigenvalue weighted by atomic mass is 79.9. The minimum atomic E-state index is -0.142. The van der Waals surface area contributed by atoms with Gasteiger partial charge in [0.15, 0.2) is 0 Å². The maximum atomic E-state index is 10.8. The molecule has 1 heterocycles. The number of aryl methyl sites for hydroxylation is 1. The van der Waals surface area contributed by atoms with Crippen LogP contribution in [0.3, 0.4) is 0 Å². The molecule has 66 valence electrons. The maximum absolute atomic E-state index is 10.8. The van der Waals surface area contributed by atoms with Gasteiger partial charge in [-0.3, -0.25) is 4.79 Å². The Kier molecular flexibility index (Phi) is 2.92. The lowest BCUT2D eigenvalue weighted by atomic mass is 10.4. The molecule has 0 aliphatic heterocycles. The fourth-order valence-corrected chi connectivity index (χ4v) is 0.991. The predicted molar refractivity (Wildman–Crippen MR) is 49.2 cm³/mol. The van der Waals surface area contributed by atoms with Crippen LogP contribution in [0.25, 0.3) is 0 Å². The number of halogens is 1. The molecule has 0 bridgehead atoms. The maximum Gasteiger partial charge on any atom is 0.289 e. The number of hydrogen-bond acceptors (Lipinski definition) is 2. The van der Waals surface area contributed by atoms with Gasteiger partial charge in [-0.05, 0) is 19.1 Å². The fraction of sp³-hybridized carbons (Fsp3) is 0.375. The zero-order chi connectivity index (χ0) is 9.14. The third-order valence-electron chi connectivity index (χ3n) is 1.49. The van der Waals surface area contributed by atoms with E-state index in [0.717, 1.165) is 11.5 Å². The van der Waals surface area contributed by atoms with Gasteiger partial charge >= 0.3 is 0 Å². The van der Waals surface area contributed by atoms with Crippen molar-refractivity contribution in [3.05, 3.63) is 23.7 Å². The van der Waals surface area contributed by atoms with E-state index < -0.39 is 0 Å². The average Bonchev–Trinajstić information content (AvgIpc) is 2.35. The zero-order valence-corrected chi connectivity index (χ0v) is 8.59. The summed E-state index contributed by atoms with van der Waals surface area (Å²) in [5.74, 6) is 1.66. The first-order valence-corrected chi connectivity index (χ1v) is 4.35. The van der Waals surface area contributed by atoms with Gasteiger partial charge in [-0.2, -0.15) is 0 Å². The Balaban J connectivity index is 2.58. The number of nitrogens with zero attached hydrogens (tertiary/aromatic N) is 1. The van der Waals surface area contributed by atoms with E-state index >= 15 is 0 Å². The zero-order valence-electron chi connectivity index (χ0n) is 7.00. The Morgan fingerprint density at radius 3 is 2.75 bits per heavy atom. The van der Waals surface area contributed by atoms with Crippen LogP contribution in [0.2, 0.25) is 0 Å². The highest BCUT2D eigenvalue weighted by molar-refractivity contribution is 9.18. The summed E-state index contributed by atoms with van der Waals surface area (Å²) in [5.41, 5.74) is 0. The number of furan rings is 1. The molecule has 0 atom stereocenters. The summed E-state index contributed by atoms with van der Waals surface area (Å²) in [7, 11) is 1.70. The molecule has 0 N–H and O–H groups in total. The van der Waals surface area contributed by atoms with Gasteiger partial charge in [-0.15, -0.1) is 0 Å². The molecule has 0 aliphatic carbocycles. The topological polar surface area (TPSA) is 33.5 Å². The van der Waals surface area contributed by atoms with Crippen LogP contribution >= 0.6 is 15.9 Å². The average molecular weight is 232 g/mol. The van der Waals surface area contributed by atoms with Crippen LogP contribution in [0.1, 0.15) is 11.5 Å². The lowest BCUT2D eigenvalue weighted by Crippen LogP contribution is -2.19. The van der Waals surface area contributed by atoms with Crippen LogP contribution in [0, 0.1) is 6.92 Å². The van der Waals surface area contributed by atoms with Gasteiger partial charge in [0, 0.05) is 23.0 Å². The monoisotopic (exact) mass is 231 g/mol. The second-order valence-electron chi connectivity index (χ2n) is 2.62. The number of carbonyl (C=O) groups excluding carboxylic acids is 1. The summed E-state index contributed by atoms with van der Waals surface area (Å²) >= 11 is 2.85. The summed E-state index contributed by atoms with van der Waals surface area (Å²) in [4.78, 5) is 12.1. The molecule has 0 aromatic carbocycles. The second kappa shape index (κ2) is 3.76. The summed E-state index contributed by atoms with van der Waals surface area (Å²) in [6.07, 6.45) is 0. The first-order valence-electron chi connectivity index (χ1n) is 3.55. The molecule has 4 heteroatoms. The van der Waals surface area contributed by atoms with Crippen LogP contribution < -0.4 is 0 Å². The standard InChI is InChI=1S/C8H10BrNO2/c1-6-3-4-7(12-6)5-10(2)8(9)11/h3-4H,5H2,1-2H3. The van der Waals surface area contributed by atoms with E-state index in [2.05, 4.69) is 15.9 Å². The van der Waals surface area contributed by atoms with E-state index in [1.165, 1.54) is 4.90 Å². The second-order valence-corrected chi connectivity index (χ2v) is 3.30. The lowest BCUT2D eigenvalue weighted by molar-refractivity contribution is 0.229. The molecule has 0 saturated carbocycles. The van der Waals surface area contributed by atoms with E-state index in [0.29, 0.717) is 6.54 Å². The van der Waals surface area contributed by atoms with Crippen LogP contribution in [0.4, 0.5) is 4.79 Å². The fourth-order valence-electron chi connectivity index (χ4n) is 0.866. The smallest absolute Gasteiger partial charge is 0.289 e. The van der Waals surface area contributed by atoms with Crippen LogP contribution in [0.5, 0.6) is 0 Å². The van der Waals surface area contributed by atoms with Crippen molar-refractivity contribution < 1.29 is 9.21 Å². The summed E-state index contributed by atoms with van der Waals surface area (Å²) in [5, 5.41) is 0. The third-order valence-corrected chi connectivity index (χ3v) is 2.09. The lowest BCUT2D eigenvalue weighted by Gasteiger charge is -2.10. The Morgan fingerprint density at radius 2 is 2.33 bits per heavy atom. The highest BCUT2D eigenvalue weighted by Crippen LogP contribution is 2.09. The quantitative estimate of drug-likeness (QED) is 0.579. The summed E-state index contributed by atoms with van der Waals surface area (Å²) < 4.78 is 5.29. The molecule has 1 rings (SSSR count). The predicted octanol–water partition coefficient (Wildman–Crippen LogP) is 2.53. The van der Waals surface area contributed by atoms with Crippen molar-refractivity contribution in [1.29, 1.82) is 0 Å². The molecular weight excluding hydrogens is 222 g/mol. The number of hydrogen-bond donors (Lipinski definition) is 0. The van der Waals surface area contributed by atoms with E-state index in [1.807, 2.05) is 19.1 Å². The van der Waals surface area contributed by atoms with Crippen molar-refractivity contribution in [2.75, 3.05) is 7.05 Å². The van der Waals surface area contributed by atoms with E-state index in [4.69, 9.17) is 4.42 Å². The van der Waals surface area contributed by atoms with Gasteiger partial charge in [0.25, 0.3) is 4.82 Å². The molecule has 3 nitrogen and oxygen atoms in total. The van der Waals surface area contributed by atoms with E-state index in [-0.39, 0.29) is 4.82 Å². The van der Waals surface area contributed by atoms with Crippen molar-refractivity contribution >= 4 is 20.7 Å². The normalized spacial score (nSPS) is 9.92. The third kappa shape index (κ3) is 2.37. The van der Waals surface area contributed by atoms with E-state index in [1.54, 1.807) is 7.05 Å². The molecule has 1 aromatic heterocycles. The van der Waals surface area contributed by atoms with Crippen molar-refractivity contribution in [3.63, 3.8) is 0 Å². The minimum absolute atomic E-state index is 0.142. The molecule has 12 heavy (non-hydrogen) atoms. The Hall–Kier alpha value is -0.770. The first-order chi connectivity index (χ1) is 5.59. The van der Waals surface area contributed by atoms with Gasteiger partial charge in [0.1, 0.15) is 11.5 Å². The van der Waals surface area contributed by atoms with Gasteiger partial charge in [-0.1, -0.05) is 0 Å². The molecule has 1 aromatic rings. The number of rotatable bonds is 2. The minimum Gasteiger partial charge on any atom is -0.464 e. The van der Waals surface area contributed by atoms with Crippen molar-refractivity contribution in [3.8, 4) is 0 Å². The van der Waals surface area contributed by atoms with Crippen LogP contribution in [-0.2, 0) is 6.54 Å². The first kappa shape index (κ1) is 9.32.